The first-order valence-corrected chi connectivity index (χ1v) is 6.14. The summed E-state index contributed by atoms with van der Waals surface area (Å²) in [4.78, 5) is 2.35. The van der Waals surface area contributed by atoms with Crippen LogP contribution in [0.3, 0.4) is 0 Å². The molecule has 0 unspecified atom stereocenters. The molecule has 0 radical (unpaired) electrons. The van der Waals surface area contributed by atoms with Crippen molar-refractivity contribution in [3.63, 3.8) is 0 Å². The van der Waals surface area contributed by atoms with Crippen LogP contribution >= 0.6 is 0 Å². The van der Waals surface area contributed by atoms with E-state index in [2.05, 4.69) is 43.1 Å². The van der Waals surface area contributed by atoms with Gasteiger partial charge in [-0.05, 0) is 49.8 Å². The molecule has 2 N–H and O–H groups in total. The van der Waals surface area contributed by atoms with E-state index in [1.165, 1.54) is 30.5 Å². The van der Waals surface area contributed by atoms with Crippen LogP contribution in [0.25, 0.3) is 0 Å². The molecule has 0 spiro atoms. The van der Waals surface area contributed by atoms with Crippen LogP contribution in [-0.2, 0) is 0 Å². The Morgan fingerprint density at radius 2 is 2.00 bits per heavy atom. The zero-order chi connectivity index (χ0) is 11.6. The molecule has 0 atom stereocenters. The Morgan fingerprint density at radius 3 is 2.56 bits per heavy atom. The standard InChI is InChI=1S/C14H22N2/c1-12-5-3-4-6-13(12)16(2)10-9-14(11-15)7-8-14/h3-6H,7-11,15H2,1-2H3. The summed E-state index contributed by atoms with van der Waals surface area (Å²) in [5, 5.41) is 0. The molecule has 1 aliphatic rings. The first kappa shape index (κ1) is 11.5. The minimum atomic E-state index is 0.483. The van der Waals surface area contributed by atoms with Gasteiger partial charge in [-0.1, -0.05) is 18.2 Å². The molecule has 2 heteroatoms. The fourth-order valence-corrected chi connectivity index (χ4v) is 2.25. The highest BCUT2D eigenvalue weighted by Crippen LogP contribution is 2.47. The van der Waals surface area contributed by atoms with Gasteiger partial charge in [0, 0.05) is 19.3 Å². The van der Waals surface area contributed by atoms with Crippen molar-refractivity contribution in [2.24, 2.45) is 11.1 Å². The zero-order valence-electron chi connectivity index (χ0n) is 10.4. The van der Waals surface area contributed by atoms with E-state index in [9.17, 15) is 0 Å². The van der Waals surface area contributed by atoms with E-state index < -0.39 is 0 Å². The summed E-state index contributed by atoms with van der Waals surface area (Å²) in [6.45, 7) is 4.14. The topological polar surface area (TPSA) is 29.3 Å². The van der Waals surface area contributed by atoms with E-state index in [1.807, 2.05) is 0 Å². The maximum absolute atomic E-state index is 5.81. The Morgan fingerprint density at radius 1 is 1.31 bits per heavy atom. The predicted octanol–water partition coefficient (Wildman–Crippen LogP) is 2.56. The average Bonchev–Trinajstić information content (AvgIpc) is 3.07. The summed E-state index contributed by atoms with van der Waals surface area (Å²) in [6, 6.07) is 8.56. The largest absolute Gasteiger partial charge is 0.374 e. The Kier molecular flexibility index (Phi) is 3.20. The summed E-state index contributed by atoms with van der Waals surface area (Å²) in [6.07, 6.45) is 3.88. The first-order valence-electron chi connectivity index (χ1n) is 6.14. The molecule has 16 heavy (non-hydrogen) atoms. The van der Waals surface area contributed by atoms with Crippen LogP contribution in [0.5, 0.6) is 0 Å². The van der Waals surface area contributed by atoms with E-state index >= 15 is 0 Å². The Hall–Kier alpha value is -1.02. The number of rotatable bonds is 5. The number of benzene rings is 1. The lowest BCUT2D eigenvalue weighted by Gasteiger charge is -2.23. The quantitative estimate of drug-likeness (QED) is 0.823. The van der Waals surface area contributed by atoms with E-state index in [-0.39, 0.29) is 0 Å². The lowest BCUT2D eigenvalue weighted by Crippen LogP contribution is -2.25. The van der Waals surface area contributed by atoms with Gasteiger partial charge in [0.05, 0.1) is 0 Å². The number of nitrogens with two attached hydrogens (primary N) is 1. The highest BCUT2D eigenvalue weighted by atomic mass is 15.1. The number of anilines is 1. The molecular weight excluding hydrogens is 196 g/mol. The van der Waals surface area contributed by atoms with E-state index in [0.717, 1.165) is 13.1 Å². The second-order valence-electron chi connectivity index (χ2n) is 5.16. The molecule has 2 rings (SSSR count). The molecule has 0 aliphatic heterocycles. The van der Waals surface area contributed by atoms with E-state index in [4.69, 9.17) is 5.73 Å². The Balaban J connectivity index is 1.93. The third-order valence-corrected chi connectivity index (χ3v) is 3.89. The summed E-state index contributed by atoms with van der Waals surface area (Å²) >= 11 is 0. The molecule has 1 aromatic rings. The van der Waals surface area contributed by atoms with Crippen LogP contribution in [0.2, 0.25) is 0 Å². The molecule has 1 aromatic carbocycles. The number of para-hydroxylation sites is 1. The van der Waals surface area contributed by atoms with Gasteiger partial charge in [0.25, 0.3) is 0 Å². The van der Waals surface area contributed by atoms with Crippen molar-refractivity contribution in [1.82, 2.24) is 0 Å². The minimum Gasteiger partial charge on any atom is -0.374 e. The Bertz CT molecular complexity index is 356. The highest BCUT2D eigenvalue weighted by molar-refractivity contribution is 5.52. The van der Waals surface area contributed by atoms with Crippen molar-refractivity contribution in [3.8, 4) is 0 Å². The van der Waals surface area contributed by atoms with Crippen molar-refractivity contribution < 1.29 is 0 Å². The fraction of sp³-hybridized carbons (Fsp3) is 0.571. The molecule has 0 saturated heterocycles. The predicted molar refractivity (Wildman–Crippen MR) is 69.8 cm³/mol. The Labute approximate surface area is 98.4 Å². The third-order valence-electron chi connectivity index (χ3n) is 3.89. The molecule has 1 saturated carbocycles. The van der Waals surface area contributed by atoms with Gasteiger partial charge in [-0.25, -0.2) is 0 Å². The summed E-state index contributed by atoms with van der Waals surface area (Å²) in [5.41, 5.74) is 8.98. The number of hydrogen-bond donors (Lipinski definition) is 1. The van der Waals surface area contributed by atoms with Crippen LogP contribution in [0.4, 0.5) is 5.69 Å². The van der Waals surface area contributed by atoms with Crippen LogP contribution in [0.15, 0.2) is 24.3 Å². The van der Waals surface area contributed by atoms with Gasteiger partial charge in [0.15, 0.2) is 0 Å². The SMILES string of the molecule is Cc1ccccc1N(C)CCC1(CN)CC1. The van der Waals surface area contributed by atoms with Crippen molar-refractivity contribution in [2.45, 2.75) is 26.2 Å². The van der Waals surface area contributed by atoms with Crippen LogP contribution in [0.1, 0.15) is 24.8 Å². The van der Waals surface area contributed by atoms with Crippen LogP contribution < -0.4 is 10.6 Å². The molecular formula is C14H22N2. The lowest BCUT2D eigenvalue weighted by molar-refractivity contribution is 0.481. The van der Waals surface area contributed by atoms with Gasteiger partial charge in [0.2, 0.25) is 0 Å². The van der Waals surface area contributed by atoms with Crippen molar-refractivity contribution in [3.05, 3.63) is 29.8 Å². The maximum Gasteiger partial charge on any atom is 0.0393 e. The second kappa shape index (κ2) is 4.46. The zero-order valence-corrected chi connectivity index (χ0v) is 10.4. The molecule has 0 heterocycles. The monoisotopic (exact) mass is 218 g/mol. The van der Waals surface area contributed by atoms with Gasteiger partial charge in [-0.3, -0.25) is 0 Å². The second-order valence-corrected chi connectivity index (χ2v) is 5.16. The summed E-state index contributed by atoms with van der Waals surface area (Å²) < 4.78 is 0. The lowest BCUT2D eigenvalue weighted by atomic mass is 10.0. The van der Waals surface area contributed by atoms with Crippen molar-refractivity contribution >= 4 is 5.69 Å². The molecule has 2 nitrogen and oxygen atoms in total. The van der Waals surface area contributed by atoms with Gasteiger partial charge in [0.1, 0.15) is 0 Å². The smallest absolute Gasteiger partial charge is 0.0393 e. The maximum atomic E-state index is 5.81. The molecule has 88 valence electrons. The molecule has 1 fully saturated rings. The average molecular weight is 218 g/mol. The summed E-state index contributed by atoms with van der Waals surface area (Å²) in [7, 11) is 2.18. The van der Waals surface area contributed by atoms with Crippen LogP contribution in [0, 0.1) is 12.3 Å². The van der Waals surface area contributed by atoms with Gasteiger partial charge < -0.3 is 10.6 Å². The number of nitrogens with zero attached hydrogens (tertiary/aromatic N) is 1. The van der Waals surface area contributed by atoms with E-state index in [1.54, 1.807) is 0 Å². The van der Waals surface area contributed by atoms with Crippen LogP contribution in [-0.4, -0.2) is 20.1 Å². The molecule has 0 amide bonds. The van der Waals surface area contributed by atoms with Crippen molar-refractivity contribution in [1.29, 1.82) is 0 Å². The third kappa shape index (κ3) is 2.38. The normalized spacial score (nSPS) is 17.2. The number of aryl methyl sites for hydroxylation is 1. The summed E-state index contributed by atoms with van der Waals surface area (Å²) in [5.74, 6) is 0. The highest BCUT2D eigenvalue weighted by Gasteiger charge is 2.40. The van der Waals surface area contributed by atoms with Gasteiger partial charge >= 0.3 is 0 Å². The number of hydrogen-bond acceptors (Lipinski definition) is 2. The van der Waals surface area contributed by atoms with Crippen molar-refractivity contribution in [2.75, 3.05) is 25.0 Å². The minimum absolute atomic E-state index is 0.483. The molecule has 0 aromatic heterocycles. The molecule has 0 bridgehead atoms. The van der Waals surface area contributed by atoms with Gasteiger partial charge in [-0.15, -0.1) is 0 Å². The fourth-order valence-electron chi connectivity index (χ4n) is 2.25. The molecule has 1 aliphatic carbocycles. The van der Waals surface area contributed by atoms with Gasteiger partial charge in [-0.2, -0.15) is 0 Å². The van der Waals surface area contributed by atoms with E-state index in [0.29, 0.717) is 5.41 Å². The first-order chi connectivity index (χ1) is 7.67.